The van der Waals surface area contributed by atoms with Crippen LogP contribution < -0.4 is 5.56 Å². The number of halogens is 1. The van der Waals surface area contributed by atoms with E-state index < -0.39 is 17.4 Å². The van der Waals surface area contributed by atoms with Crippen LogP contribution in [0.15, 0.2) is 35.5 Å². The second-order valence-corrected chi connectivity index (χ2v) is 11.5. The maximum Gasteiger partial charge on any atom is 0.265 e. The number of benzene rings is 1. The van der Waals surface area contributed by atoms with Crippen molar-refractivity contribution in [1.29, 1.82) is 0 Å². The van der Waals surface area contributed by atoms with E-state index in [0.29, 0.717) is 53.9 Å². The van der Waals surface area contributed by atoms with E-state index in [1.807, 2.05) is 0 Å². The molecule has 1 saturated carbocycles. The first-order valence-electron chi connectivity index (χ1n) is 13.5. The summed E-state index contributed by atoms with van der Waals surface area (Å²) in [4.78, 5) is 64.2. The Morgan fingerprint density at radius 1 is 1.05 bits per heavy atom. The number of aromatic nitrogens is 3. The third-order valence-electron chi connectivity index (χ3n) is 7.84. The van der Waals surface area contributed by atoms with Gasteiger partial charge in [0.2, 0.25) is 5.91 Å². The number of hydrogen-bond donors (Lipinski definition) is 0. The molecule has 1 unspecified atom stereocenters. The number of nitrogens with zero attached hydrogens (tertiary/aromatic N) is 5. The van der Waals surface area contributed by atoms with Gasteiger partial charge in [-0.25, -0.2) is 14.4 Å². The van der Waals surface area contributed by atoms with E-state index in [-0.39, 0.29) is 29.4 Å². The van der Waals surface area contributed by atoms with E-state index in [4.69, 9.17) is 0 Å². The number of fused-ring (bicyclic) bond motifs is 1. The lowest BCUT2D eigenvalue weighted by Crippen LogP contribution is -2.49. The molecule has 0 spiro atoms. The molecule has 1 aromatic carbocycles. The Morgan fingerprint density at radius 3 is 2.49 bits per heavy atom. The van der Waals surface area contributed by atoms with Crippen LogP contribution in [0.25, 0.3) is 10.9 Å². The molecule has 39 heavy (non-hydrogen) atoms. The molecule has 0 N–H and O–H groups in total. The van der Waals surface area contributed by atoms with Crippen LogP contribution in [-0.2, 0) is 16.0 Å². The van der Waals surface area contributed by atoms with E-state index in [9.17, 15) is 23.6 Å². The molecular formula is C28H32FN5O4S. The van der Waals surface area contributed by atoms with Crippen LogP contribution in [-0.4, -0.2) is 68.1 Å². The van der Waals surface area contributed by atoms with Crippen LogP contribution in [0.1, 0.15) is 66.2 Å². The van der Waals surface area contributed by atoms with Crippen molar-refractivity contribution in [2.75, 3.05) is 26.2 Å². The smallest absolute Gasteiger partial charge is 0.265 e. The fourth-order valence-corrected chi connectivity index (χ4v) is 6.50. The summed E-state index contributed by atoms with van der Waals surface area (Å²) >= 11 is 1.18. The Balaban J connectivity index is 1.35. The van der Waals surface area contributed by atoms with Gasteiger partial charge in [-0.3, -0.25) is 23.7 Å². The first-order valence-corrected chi connectivity index (χ1v) is 14.3. The van der Waals surface area contributed by atoms with Gasteiger partial charge in [0.05, 0.1) is 35.9 Å². The summed E-state index contributed by atoms with van der Waals surface area (Å²) < 4.78 is 15.3. The van der Waals surface area contributed by atoms with Gasteiger partial charge in [0.15, 0.2) is 5.78 Å². The van der Waals surface area contributed by atoms with Crippen LogP contribution in [0.2, 0.25) is 0 Å². The molecule has 9 nitrogen and oxygen atoms in total. The Labute approximate surface area is 229 Å². The Morgan fingerprint density at radius 2 is 1.77 bits per heavy atom. The van der Waals surface area contributed by atoms with Gasteiger partial charge in [0.25, 0.3) is 11.5 Å². The summed E-state index contributed by atoms with van der Waals surface area (Å²) in [5.41, 5.74) is -0.0536. The number of rotatable bonds is 7. The predicted octanol–water partition coefficient (Wildman–Crippen LogP) is 3.62. The maximum absolute atomic E-state index is 13.9. The van der Waals surface area contributed by atoms with Gasteiger partial charge in [-0.15, -0.1) is 11.3 Å². The highest BCUT2D eigenvalue weighted by atomic mass is 32.1. The lowest BCUT2D eigenvalue weighted by Gasteiger charge is -2.33. The quantitative estimate of drug-likeness (QED) is 0.443. The summed E-state index contributed by atoms with van der Waals surface area (Å²) in [7, 11) is 0. The first-order chi connectivity index (χ1) is 18.8. The summed E-state index contributed by atoms with van der Waals surface area (Å²) in [5.74, 6) is -0.565. The standard InChI is InChI=1S/C28H32FN5O4S/c1-18(35)32-9-11-33(12-10-32)28(38)25-16-30-26(39-25)15-24(36)23(13-19-5-3-2-4-6-19)34-17-31-22-8-7-20(29)14-21(22)27(34)37/h7-8,14,16-17,19,23H,2-6,9-13,15H2,1H3. The van der Waals surface area contributed by atoms with Gasteiger partial charge < -0.3 is 9.80 Å². The molecule has 3 aromatic rings. The highest BCUT2D eigenvalue weighted by molar-refractivity contribution is 7.13. The number of hydrogen-bond acceptors (Lipinski definition) is 7. The Kier molecular flexibility index (Phi) is 8.15. The monoisotopic (exact) mass is 553 g/mol. The summed E-state index contributed by atoms with van der Waals surface area (Å²) in [6.07, 6.45) is 8.76. The van der Waals surface area contributed by atoms with E-state index in [1.54, 1.807) is 9.80 Å². The van der Waals surface area contributed by atoms with E-state index in [2.05, 4.69) is 9.97 Å². The van der Waals surface area contributed by atoms with Gasteiger partial charge in [0.1, 0.15) is 15.7 Å². The molecular weight excluding hydrogens is 521 g/mol. The van der Waals surface area contributed by atoms with Crippen molar-refractivity contribution in [3.63, 3.8) is 0 Å². The number of ketones is 1. The fourth-order valence-electron chi connectivity index (χ4n) is 5.61. The van der Waals surface area contributed by atoms with Gasteiger partial charge in [-0.1, -0.05) is 32.1 Å². The molecule has 2 aromatic heterocycles. The second-order valence-electron chi connectivity index (χ2n) is 10.4. The molecule has 5 rings (SSSR count). The van der Waals surface area contributed by atoms with Crippen molar-refractivity contribution in [2.24, 2.45) is 5.92 Å². The number of Topliss-reactive ketones (excluding diaryl/α,β-unsaturated/α-hetero) is 1. The van der Waals surface area contributed by atoms with Gasteiger partial charge in [-0.05, 0) is 30.5 Å². The molecule has 11 heteroatoms. The van der Waals surface area contributed by atoms with E-state index >= 15 is 0 Å². The van der Waals surface area contributed by atoms with Crippen molar-refractivity contribution in [1.82, 2.24) is 24.3 Å². The average molecular weight is 554 g/mol. The van der Waals surface area contributed by atoms with Crippen LogP contribution in [0.4, 0.5) is 4.39 Å². The topological polar surface area (TPSA) is 105 Å². The van der Waals surface area contributed by atoms with Crippen molar-refractivity contribution in [3.05, 3.63) is 56.8 Å². The number of carbonyl (C=O) groups is 3. The summed E-state index contributed by atoms with van der Waals surface area (Å²) in [5, 5.41) is 0.651. The largest absolute Gasteiger partial charge is 0.339 e. The van der Waals surface area contributed by atoms with Crippen LogP contribution in [0.5, 0.6) is 0 Å². The fraction of sp³-hybridized carbons (Fsp3) is 0.500. The number of thiazole rings is 1. The lowest BCUT2D eigenvalue weighted by molar-refractivity contribution is -0.130. The first kappa shape index (κ1) is 27.1. The van der Waals surface area contributed by atoms with Crippen LogP contribution in [0, 0.1) is 11.7 Å². The molecule has 206 valence electrons. The SMILES string of the molecule is CC(=O)N1CCN(C(=O)c2cnc(CC(=O)C(CC3CCCCC3)n3cnc4ccc(F)cc4c3=O)s2)CC1. The molecule has 3 heterocycles. The Hall–Kier alpha value is -3.47. The highest BCUT2D eigenvalue weighted by Gasteiger charge is 2.29. The van der Waals surface area contributed by atoms with E-state index in [1.165, 1.54) is 53.9 Å². The number of carbonyl (C=O) groups excluding carboxylic acids is 3. The second kappa shape index (κ2) is 11.7. The minimum atomic E-state index is -0.747. The highest BCUT2D eigenvalue weighted by Crippen LogP contribution is 2.32. The molecule has 2 amide bonds. The van der Waals surface area contributed by atoms with Gasteiger partial charge >= 0.3 is 0 Å². The lowest BCUT2D eigenvalue weighted by atomic mass is 9.83. The predicted molar refractivity (Wildman–Crippen MR) is 145 cm³/mol. The van der Waals surface area contributed by atoms with Gasteiger partial charge in [-0.2, -0.15) is 0 Å². The zero-order chi connectivity index (χ0) is 27.5. The molecule has 1 aliphatic carbocycles. The summed E-state index contributed by atoms with van der Waals surface area (Å²) in [6.45, 7) is 3.41. The molecule has 0 bridgehead atoms. The van der Waals surface area contributed by atoms with Crippen molar-refractivity contribution in [2.45, 2.75) is 57.9 Å². The third kappa shape index (κ3) is 6.08. The zero-order valence-electron chi connectivity index (χ0n) is 22.0. The van der Waals surface area contributed by atoms with Gasteiger partial charge in [0, 0.05) is 33.1 Å². The number of amides is 2. The minimum Gasteiger partial charge on any atom is -0.339 e. The molecule has 0 radical (unpaired) electrons. The van der Waals surface area contributed by atoms with Crippen molar-refractivity contribution < 1.29 is 18.8 Å². The zero-order valence-corrected chi connectivity index (χ0v) is 22.8. The van der Waals surface area contributed by atoms with Crippen molar-refractivity contribution >= 4 is 39.8 Å². The molecule has 1 saturated heterocycles. The van der Waals surface area contributed by atoms with Crippen LogP contribution >= 0.6 is 11.3 Å². The normalized spacial score (nSPS) is 17.4. The third-order valence-corrected chi connectivity index (χ3v) is 8.82. The Bertz CT molecular complexity index is 1440. The molecule has 2 aliphatic rings. The van der Waals surface area contributed by atoms with Crippen molar-refractivity contribution in [3.8, 4) is 0 Å². The molecule has 2 fully saturated rings. The number of piperazine rings is 1. The average Bonchev–Trinajstić information content (AvgIpc) is 3.41. The van der Waals surface area contributed by atoms with E-state index in [0.717, 1.165) is 31.7 Å². The summed E-state index contributed by atoms with van der Waals surface area (Å²) in [6, 6.07) is 3.14. The van der Waals surface area contributed by atoms with Crippen LogP contribution in [0.3, 0.4) is 0 Å². The molecule has 1 atom stereocenters. The molecule has 1 aliphatic heterocycles. The maximum atomic E-state index is 13.9. The minimum absolute atomic E-state index is 0.00526.